The lowest BCUT2D eigenvalue weighted by Crippen LogP contribution is -1.91. The van der Waals surface area contributed by atoms with Crippen LogP contribution in [0.15, 0.2) is 12.1 Å². The molecule has 0 bridgehead atoms. The van der Waals surface area contributed by atoms with E-state index in [0.29, 0.717) is 0 Å². The second-order valence-corrected chi connectivity index (χ2v) is 2.84. The predicted octanol–water partition coefficient (Wildman–Crippen LogP) is 2.08. The highest BCUT2D eigenvalue weighted by Crippen LogP contribution is 2.23. The third-order valence-electron chi connectivity index (χ3n) is 2.10. The van der Waals surface area contributed by atoms with Crippen molar-refractivity contribution < 1.29 is 5.11 Å². The van der Waals surface area contributed by atoms with Gasteiger partial charge in [0.25, 0.3) is 0 Å². The molecule has 0 amide bonds. The molecular formula is C10H11NO. The Bertz CT molecular complexity index is 336. The summed E-state index contributed by atoms with van der Waals surface area (Å²) in [5.41, 5.74) is 2.87. The minimum atomic E-state index is 0.222. The van der Waals surface area contributed by atoms with Crippen LogP contribution in [0.2, 0.25) is 0 Å². The Kier molecular flexibility index (Phi) is 2.35. The second kappa shape index (κ2) is 3.27. The van der Waals surface area contributed by atoms with Gasteiger partial charge in [0.05, 0.1) is 12.5 Å². The van der Waals surface area contributed by atoms with Gasteiger partial charge < -0.3 is 5.11 Å². The van der Waals surface area contributed by atoms with E-state index in [9.17, 15) is 5.11 Å². The Morgan fingerprint density at radius 2 is 2.08 bits per heavy atom. The van der Waals surface area contributed by atoms with E-state index in [-0.39, 0.29) is 12.2 Å². The van der Waals surface area contributed by atoms with Gasteiger partial charge in [0.15, 0.2) is 0 Å². The first-order valence-corrected chi connectivity index (χ1v) is 3.82. The van der Waals surface area contributed by atoms with Crippen molar-refractivity contribution in [3.63, 3.8) is 0 Å². The monoisotopic (exact) mass is 161 g/mol. The van der Waals surface area contributed by atoms with Gasteiger partial charge in [-0.05, 0) is 31.0 Å². The van der Waals surface area contributed by atoms with Crippen molar-refractivity contribution in [2.75, 3.05) is 0 Å². The fraction of sp³-hybridized carbons (Fsp3) is 0.300. The number of hydrogen-bond acceptors (Lipinski definition) is 2. The standard InChI is InChI=1S/C10H11NO/c1-7-3-4-10(12)9(5-6-11)8(7)2/h3-4,12H,5H2,1-2H3. The highest BCUT2D eigenvalue weighted by molar-refractivity contribution is 5.44. The van der Waals surface area contributed by atoms with Crippen LogP contribution in [0.1, 0.15) is 16.7 Å². The molecule has 0 saturated heterocycles. The molecule has 0 radical (unpaired) electrons. The van der Waals surface area contributed by atoms with E-state index < -0.39 is 0 Å². The number of hydrogen-bond donors (Lipinski definition) is 1. The quantitative estimate of drug-likeness (QED) is 0.685. The summed E-state index contributed by atoms with van der Waals surface area (Å²) >= 11 is 0. The van der Waals surface area contributed by atoms with Gasteiger partial charge in [0, 0.05) is 5.56 Å². The summed E-state index contributed by atoms with van der Waals surface area (Å²) < 4.78 is 0. The molecule has 0 atom stereocenters. The molecule has 0 spiro atoms. The summed E-state index contributed by atoms with van der Waals surface area (Å²) in [6.07, 6.45) is 0.277. The van der Waals surface area contributed by atoms with Gasteiger partial charge in [-0.2, -0.15) is 5.26 Å². The van der Waals surface area contributed by atoms with Crippen LogP contribution >= 0.6 is 0 Å². The van der Waals surface area contributed by atoms with E-state index in [1.54, 1.807) is 6.07 Å². The first-order chi connectivity index (χ1) is 5.66. The van der Waals surface area contributed by atoms with Crippen LogP contribution in [0.3, 0.4) is 0 Å². The number of phenols is 1. The average Bonchev–Trinajstić information content (AvgIpc) is 2.06. The highest BCUT2D eigenvalue weighted by Gasteiger charge is 2.05. The minimum Gasteiger partial charge on any atom is -0.508 e. The zero-order chi connectivity index (χ0) is 9.14. The highest BCUT2D eigenvalue weighted by atomic mass is 16.3. The van der Waals surface area contributed by atoms with Gasteiger partial charge in [-0.25, -0.2) is 0 Å². The lowest BCUT2D eigenvalue weighted by atomic mass is 10.0. The Labute approximate surface area is 72.1 Å². The zero-order valence-electron chi connectivity index (χ0n) is 7.26. The molecule has 0 unspecified atom stereocenters. The molecule has 1 rings (SSSR count). The van der Waals surface area contributed by atoms with Crippen LogP contribution in [0, 0.1) is 25.2 Å². The van der Waals surface area contributed by atoms with Crippen LogP contribution in [-0.4, -0.2) is 5.11 Å². The van der Waals surface area contributed by atoms with Crippen LogP contribution in [0.4, 0.5) is 0 Å². The lowest BCUT2D eigenvalue weighted by molar-refractivity contribution is 0.469. The molecule has 1 N–H and O–H groups in total. The summed E-state index contributed by atoms with van der Waals surface area (Å²) in [5, 5.41) is 17.9. The van der Waals surface area contributed by atoms with Crippen molar-refractivity contribution >= 4 is 0 Å². The molecule has 12 heavy (non-hydrogen) atoms. The topological polar surface area (TPSA) is 44.0 Å². The van der Waals surface area contributed by atoms with E-state index in [4.69, 9.17) is 5.26 Å². The Hall–Kier alpha value is -1.49. The molecule has 0 aromatic heterocycles. The molecule has 0 saturated carbocycles. The maximum Gasteiger partial charge on any atom is 0.120 e. The fourth-order valence-corrected chi connectivity index (χ4v) is 1.16. The molecule has 0 fully saturated rings. The van der Waals surface area contributed by atoms with E-state index >= 15 is 0 Å². The SMILES string of the molecule is Cc1ccc(O)c(CC#N)c1C. The van der Waals surface area contributed by atoms with Crippen molar-refractivity contribution in [1.29, 1.82) is 5.26 Å². The Morgan fingerprint density at radius 1 is 1.42 bits per heavy atom. The maximum absolute atomic E-state index is 9.40. The molecule has 2 heteroatoms. The maximum atomic E-state index is 9.40. The summed E-state index contributed by atoms with van der Waals surface area (Å²) in [7, 11) is 0. The number of benzene rings is 1. The van der Waals surface area contributed by atoms with Gasteiger partial charge in [-0.15, -0.1) is 0 Å². The van der Waals surface area contributed by atoms with Gasteiger partial charge in [0.1, 0.15) is 5.75 Å². The number of nitrogens with zero attached hydrogens (tertiary/aromatic N) is 1. The van der Waals surface area contributed by atoms with Gasteiger partial charge >= 0.3 is 0 Å². The van der Waals surface area contributed by atoms with Crippen molar-refractivity contribution in [3.8, 4) is 11.8 Å². The molecule has 62 valence electrons. The second-order valence-electron chi connectivity index (χ2n) is 2.84. The van der Waals surface area contributed by atoms with Crippen molar-refractivity contribution in [2.24, 2.45) is 0 Å². The number of rotatable bonds is 1. The Balaban J connectivity index is 3.25. The molecule has 1 aromatic carbocycles. The fourth-order valence-electron chi connectivity index (χ4n) is 1.16. The summed E-state index contributed by atoms with van der Waals surface area (Å²) in [6.45, 7) is 3.89. The van der Waals surface area contributed by atoms with Crippen molar-refractivity contribution in [1.82, 2.24) is 0 Å². The largest absolute Gasteiger partial charge is 0.508 e. The van der Waals surface area contributed by atoms with Gasteiger partial charge in [0.2, 0.25) is 0 Å². The van der Waals surface area contributed by atoms with Crippen molar-refractivity contribution in [2.45, 2.75) is 20.3 Å². The van der Waals surface area contributed by atoms with Crippen LogP contribution in [0.5, 0.6) is 5.75 Å². The van der Waals surface area contributed by atoms with E-state index in [1.807, 2.05) is 26.0 Å². The van der Waals surface area contributed by atoms with E-state index in [2.05, 4.69) is 0 Å². The molecule has 0 aliphatic carbocycles. The summed E-state index contributed by atoms with van der Waals surface area (Å²) in [6, 6.07) is 5.52. The molecule has 0 heterocycles. The zero-order valence-corrected chi connectivity index (χ0v) is 7.26. The van der Waals surface area contributed by atoms with Gasteiger partial charge in [-0.3, -0.25) is 0 Å². The molecule has 2 nitrogen and oxygen atoms in total. The number of phenolic OH excluding ortho intramolecular Hbond substituents is 1. The summed E-state index contributed by atoms with van der Waals surface area (Å²) in [5.74, 6) is 0.222. The van der Waals surface area contributed by atoms with Crippen LogP contribution in [-0.2, 0) is 6.42 Å². The third-order valence-corrected chi connectivity index (χ3v) is 2.10. The third kappa shape index (κ3) is 1.40. The number of aryl methyl sites for hydroxylation is 1. The normalized spacial score (nSPS) is 9.42. The predicted molar refractivity (Wildman–Crippen MR) is 46.9 cm³/mol. The molecular weight excluding hydrogens is 150 g/mol. The van der Waals surface area contributed by atoms with E-state index in [1.165, 1.54) is 0 Å². The van der Waals surface area contributed by atoms with Crippen molar-refractivity contribution in [3.05, 3.63) is 28.8 Å². The lowest BCUT2D eigenvalue weighted by Gasteiger charge is -2.06. The average molecular weight is 161 g/mol. The van der Waals surface area contributed by atoms with Gasteiger partial charge in [-0.1, -0.05) is 6.07 Å². The summed E-state index contributed by atoms with van der Waals surface area (Å²) in [4.78, 5) is 0. The number of nitriles is 1. The minimum absolute atomic E-state index is 0.222. The Morgan fingerprint density at radius 3 is 2.67 bits per heavy atom. The molecule has 0 aliphatic heterocycles. The molecule has 0 aliphatic rings. The first kappa shape index (κ1) is 8.61. The number of aromatic hydroxyl groups is 1. The van der Waals surface area contributed by atoms with E-state index in [0.717, 1.165) is 16.7 Å². The van der Waals surface area contributed by atoms with Crippen LogP contribution in [0.25, 0.3) is 0 Å². The molecule has 1 aromatic rings. The smallest absolute Gasteiger partial charge is 0.120 e. The first-order valence-electron chi connectivity index (χ1n) is 3.82. The van der Waals surface area contributed by atoms with Crippen LogP contribution < -0.4 is 0 Å².